The third-order valence-electron chi connectivity index (χ3n) is 3.03. The molecule has 4 heteroatoms. The van der Waals surface area contributed by atoms with Gasteiger partial charge < -0.3 is 10.6 Å². The van der Waals surface area contributed by atoms with Crippen LogP contribution >= 0.6 is 0 Å². The molecule has 0 aliphatic carbocycles. The third-order valence-corrected chi connectivity index (χ3v) is 3.03. The summed E-state index contributed by atoms with van der Waals surface area (Å²) in [7, 11) is 2.01. The van der Waals surface area contributed by atoms with Crippen molar-refractivity contribution in [2.45, 2.75) is 26.4 Å². The van der Waals surface area contributed by atoms with Crippen LogP contribution in [-0.4, -0.2) is 17.0 Å². The molecule has 19 heavy (non-hydrogen) atoms. The Kier molecular flexibility index (Phi) is 4.12. The maximum Gasteiger partial charge on any atom is 0.128 e. The predicted molar refractivity (Wildman–Crippen MR) is 77.9 cm³/mol. The van der Waals surface area contributed by atoms with E-state index >= 15 is 0 Å². The van der Waals surface area contributed by atoms with Crippen molar-refractivity contribution in [3.05, 3.63) is 53.5 Å². The molecule has 4 nitrogen and oxygen atoms in total. The van der Waals surface area contributed by atoms with Crippen molar-refractivity contribution in [3.63, 3.8) is 0 Å². The van der Waals surface area contributed by atoms with Crippen LogP contribution < -0.4 is 10.6 Å². The van der Waals surface area contributed by atoms with E-state index in [0.29, 0.717) is 0 Å². The van der Waals surface area contributed by atoms with E-state index in [1.807, 2.05) is 51.2 Å². The molecule has 0 bridgehead atoms. The molecule has 100 valence electrons. The molecule has 0 amide bonds. The quantitative estimate of drug-likeness (QED) is 0.913. The van der Waals surface area contributed by atoms with Crippen molar-refractivity contribution in [1.82, 2.24) is 9.97 Å². The maximum atomic E-state index is 5.90. The topological polar surface area (TPSA) is 55.0 Å². The highest BCUT2D eigenvalue weighted by Crippen LogP contribution is 2.17. The number of nitrogens with zero attached hydrogens (tertiary/aromatic N) is 3. The molecule has 0 spiro atoms. The minimum atomic E-state index is 0.0206. The van der Waals surface area contributed by atoms with Crippen LogP contribution in [0.25, 0.3) is 0 Å². The number of anilines is 1. The van der Waals surface area contributed by atoms with Gasteiger partial charge in [-0.05, 0) is 43.7 Å². The van der Waals surface area contributed by atoms with Gasteiger partial charge in [0.05, 0.1) is 12.2 Å². The van der Waals surface area contributed by atoms with Gasteiger partial charge in [0.25, 0.3) is 0 Å². The van der Waals surface area contributed by atoms with Crippen molar-refractivity contribution in [3.8, 4) is 0 Å². The lowest BCUT2D eigenvalue weighted by molar-refractivity contribution is 0.806. The standard InChI is InChI=1S/C15H20N4/c1-11-5-4-6-14(18-11)10-19(3)15-9-13(12(2)16)7-8-17-15/h4-9,12H,10,16H2,1-3H3/t12-/m0/s1. The molecule has 2 aromatic heterocycles. The van der Waals surface area contributed by atoms with Crippen LogP contribution in [0.15, 0.2) is 36.5 Å². The van der Waals surface area contributed by atoms with Gasteiger partial charge in [0.2, 0.25) is 0 Å². The first-order chi connectivity index (χ1) is 9.06. The normalized spacial score (nSPS) is 12.2. The summed E-state index contributed by atoms with van der Waals surface area (Å²) in [6, 6.07) is 10.1. The highest BCUT2D eigenvalue weighted by atomic mass is 15.2. The fourth-order valence-electron chi connectivity index (χ4n) is 1.94. The second-order valence-electron chi connectivity index (χ2n) is 4.86. The average molecular weight is 256 g/mol. The molecule has 2 aromatic rings. The van der Waals surface area contributed by atoms with Gasteiger partial charge in [0.1, 0.15) is 5.82 Å². The van der Waals surface area contributed by atoms with E-state index in [1.165, 1.54) is 0 Å². The molecule has 0 aromatic carbocycles. The van der Waals surface area contributed by atoms with Crippen molar-refractivity contribution in [2.24, 2.45) is 5.73 Å². The molecule has 0 saturated carbocycles. The second kappa shape index (κ2) is 5.80. The predicted octanol–water partition coefficient (Wildman–Crippen LogP) is 2.44. The molecular formula is C15H20N4. The zero-order chi connectivity index (χ0) is 13.8. The van der Waals surface area contributed by atoms with E-state index < -0.39 is 0 Å². The first kappa shape index (κ1) is 13.5. The van der Waals surface area contributed by atoms with E-state index in [9.17, 15) is 0 Å². The summed E-state index contributed by atoms with van der Waals surface area (Å²) in [5, 5.41) is 0. The molecule has 0 radical (unpaired) electrons. The summed E-state index contributed by atoms with van der Waals surface area (Å²) in [5.74, 6) is 0.915. The fraction of sp³-hybridized carbons (Fsp3) is 0.333. The summed E-state index contributed by atoms with van der Waals surface area (Å²) < 4.78 is 0. The van der Waals surface area contributed by atoms with E-state index in [2.05, 4.69) is 14.9 Å². The van der Waals surface area contributed by atoms with Crippen molar-refractivity contribution in [2.75, 3.05) is 11.9 Å². The zero-order valence-corrected chi connectivity index (χ0v) is 11.7. The van der Waals surface area contributed by atoms with Gasteiger partial charge in [-0.1, -0.05) is 6.07 Å². The summed E-state index contributed by atoms with van der Waals surface area (Å²) in [6.07, 6.45) is 1.80. The number of aromatic nitrogens is 2. The number of hydrogen-bond donors (Lipinski definition) is 1. The van der Waals surface area contributed by atoms with Crippen molar-refractivity contribution < 1.29 is 0 Å². The molecule has 0 aliphatic heterocycles. The number of pyridine rings is 2. The Balaban J connectivity index is 2.15. The van der Waals surface area contributed by atoms with E-state index in [0.717, 1.165) is 29.3 Å². The van der Waals surface area contributed by atoms with E-state index in [-0.39, 0.29) is 6.04 Å². The van der Waals surface area contributed by atoms with Crippen molar-refractivity contribution >= 4 is 5.82 Å². The molecular weight excluding hydrogens is 236 g/mol. The number of hydrogen-bond acceptors (Lipinski definition) is 4. The Morgan fingerprint density at radius 1 is 1.32 bits per heavy atom. The van der Waals surface area contributed by atoms with Gasteiger partial charge in [-0.25, -0.2) is 4.98 Å². The molecule has 0 fully saturated rings. The minimum absolute atomic E-state index is 0.0206. The average Bonchev–Trinajstić information content (AvgIpc) is 2.39. The van der Waals surface area contributed by atoms with Gasteiger partial charge in [0.15, 0.2) is 0 Å². The van der Waals surface area contributed by atoms with Crippen molar-refractivity contribution in [1.29, 1.82) is 0 Å². The highest BCUT2D eigenvalue weighted by Gasteiger charge is 2.07. The van der Waals surface area contributed by atoms with Gasteiger partial charge in [-0.2, -0.15) is 0 Å². The van der Waals surface area contributed by atoms with Gasteiger partial charge in [-0.3, -0.25) is 4.98 Å². The lowest BCUT2D eigenvalue weighted by atomic mass is 10.1. The Labute approximate surface area is 114 Å². The van der Waals surface area contributed by atoms with Crippen LogP contribution in [0.5, 0.6) is 0 Å². The Morgan fingerprint density at radius 2 is 2.11 bits per heavy atom. The number of aryl methyl sites for hydroxylation is 1. The van der Waals surface area contributed by atoms with Gasteiger partial charge in [0, 0.05) is 25.0 Å². The number of rotatable bonds is 4. The second-order valence-corrected chi connectivity index (χ2v) is 4.86. The summed E-state index contributed by atoms with van der Waals surface area (Å²) >= 11 is 0. The van der Waals surface area contributed by atoms with E-state index in [1.54, 1.807) is 6.20 Å². The number of nitrogens with two attached hydrogens (primary N) is 1. The summed E-state index contributed by atoms with van der Waals surface area (Å²) in [5.41, 5.74) is 9.06. The molecule has 0 saturated heterocycles. The lowest BCUT2D eigenvalue weighted by Crippen LogP contribution is -2.19. The fourth-order valence-corrected chi connectivity index (χ4v) is 1.94. The van der Waals surface area contributed by atoms with Gasteiger partial charge in [-0.15, -0.1) is 0 Å². The summed E-state index contributed by atoms with van der Waals surface area (Å²) in [6.45, 7) is 4.71. The van der Waals surface area contributed by atoms with Crippen LogP contribution in [0.2, 0.25) is 0 Å². The molecule has 0 aliphatic rings. The van der Waals surface area contributed by atoms with Crippen LogP contribution in [0, 0.1) is 6.92 Å². The third kappa shape index (κ3) is 3.51. The maximum absolute atomic E-state index is 5.90. The molecule has 1 atom stereocenters. The van der Waals surface area contributed by atoms with Gasteiger partial charge >= 0.3 is 0 Å². The SMILES string of the molecule is Cc1cccc(CN(C)c2cc([C@H](C)N)ccn2)n1. The van der Waals surface area contributed by atoms with E-state index in [4.69, 9.17) is 5.73 Å². The largest absolute Gasteiger partial charge is 0.354 e. The Bertz CT molecular complexity index is 551. The first-order valence-electron chi connectivity index (χ1n) is 6.41. The van der Waals surface area contributed by atoms with Crippen LogP contribution in [0.3, 0.4) is 0 Å². The zero-order valence-electron chi connectivity index (χ0n) is 11.7. The summed E-state index contributed by atoms with van der Waals surface area (Å²) in [4.78, 5) is 11.0. The molecule has 2 heterocycles. The first-order valence-corrected chi connectivity index (χ1v) is 6.41. The Hall–Kier alpha value is -1.94. The van der Waals surface area contributed by atoms with Crippen LogP contribution in [-0.2, 0) is 6.54 Å². The highest BCUT2D eigenvalue weighted by molar-refractivity contribution is 5.41. The molecule has 0 unspecified atom stereocenters. The molecule has 2 rings (SSSR count). The molecule has 2 N–H and O–H groups in total. The lowest BCUT2D eigenvalue weighted by Gasteiger charge is -2.19. The van der Waals surface area contributed by atoms with Crippen LogP contribution in [0.4, 0.5) is 5.82 Å². The van der Waals surface area contributed by atoms with Crippen LogP contribution in [0.1, 0.15) is 29.9 Å². The minimum Gasteiger partial charge on any atom is -0.354 e. The monoisotopic (exact) mass is 256 g/mol. The smallest absolute Gasteiger partial charge is 0.128 e. The Morgan fingerprint density at radius 3 is 2.79 bits per heavy atom.